The molecule has 0 spiro atoms. The van der Waals surface area contributed by atoms with Gasteiger partial charge in [-0.25, -0.2) is 15.0 Å². The van der Waals surface area contributed by atoms with Crippen molar-refractivity contribution in [2.75, 3.05) is 9.80 Å². The van der Waals surface area contributed by atoms with Gasteiger partial charge in [-0.05, 0) is 72.3 Å². The van der Waals surface area contributed by atoms with Crippen LogP contribution in [0.15, 0.2) is 194 Å². The zero-order chi connectivity index (χ0) is 40.0. The molecule has 11 rings (SSSR count). The number of anilines is 6. The number of benzene rings is 8. The molecule has 0 amide bonds. The Labute approximate surface area is 346 Å². The Balaban J connectivity index is 1.16. The quantitative estimate of drug-likeness (QED) is 0.165. The Kier molecular flexibility index (Phi) is 8.35. The van der Waals surface area contributed by atoms with Crippen LogP contribution in [0.2, 0.25) is 0 Å². The third-order valence-electron chi connectivity index (χ3n) is 10.7. The van der Waals surface area contributed by atoms with E-state index in [0.717, 1.165) is 61.9 Å². The first-order valence-electron chi connectivity index (χ1n) is 19.6. The molecule has 9 aromatic rings. The van der Waals surface area contributed by atoms with Crippen molar-refractivity contribution in [3.8, 4) is 74.4 Å². The first-order chi connectivity index (χ1) is 29.7. The molecule has 282 valence electrons. The summed E-state index contributed by atoms with van der Waals surface area (Å²) in [7, 11) is 0. The van der Waals surface area contributed by atoms with Crippen molar-refractivity contribution >= 4 is 34.1 Å². The molecule has 0 N–H and O–H groups in total. The topological polar surface area (TPSA) is 87.4 Å². The van der Waals surface area contributed by atoms with Gasteiger partial charge in [0.25, 0.3) is 0 Å². The molecule has 0 fully saturated rings. The Morgan fingerprint density at radius 1 is 0.350 bits per heavy atom. The van der Waals surface area contributed by atoms with E-state index in [1.165, 1.54) is 0 Å². The highest BCUT2D eigenvalue weighted by Crippen LogP contribution is 2.54. The standard InChI is InChI=1S/C52H32N6O2/c53-33-39-37(20-15-25-40(39)57-41-21-7-11-26-46(41)59-47-27-12-8-22-42(47)57)36-30-31-38(45(32-36)58-43-23-9-13-28-48(43)60-49-29-14-10-24-44(49)58)52-55-50(34-16-3-1-4-17-34)54-51(56-52)35-18-5-2-6-19-35/h1-32H. The summed E-state index contributed by atoms with van der Waals surface area (Å²) in [5.41, 5.74) is 9.59. The molecular formula is C52H32N6O2. The normalized spacial score (nSPS) is 12.2. The van der Waals surface area contributed by atoms with Crippen molar-refractivity contribution in [2.45, 2.75) is 0 Å². The van der Waals surface area contributed by atoms with Crippen LogP contribution >= 0.6 is 0 Å². The monoisotopic (exact) mass is 772 g/mol. The lowest BCUT2D eigenvalue weighted by atomic mass is 9.95. The number of ether oxygens (including phenoxy) is 2. The third kappa shape index (κ3) is 5.89. The van der Waals surface area contributed by atoms with Crippen molar-refractivity contribution in [1.29, 1.82) is 5.26 Å². The summed E-state index contributed by atoms with van der Waals surface area (Å²) < 4.78 is 12.8. The summed E-state index contributed by atoms with van der Waals surface area (Å²) in [6.07, 6.45) is 0. The number of aromatic nitrogens is 3. The van der Waals surface area contributed by atoms with Crippen LogP contribution in [0.3, 0.4) is 0 Å². The van der Waals surface area contributed by atoms with Crippen LogP contribution in [0.1, 0.15) is 5.56 Å². The average molecular weight is 773 g/mol. The van der Waals surface area contributed by atoms with Crippen LogP contribution in [0.4, 0.5) is 34.1 Å². The Morgan fingerprint density at radius 3 is 1.25 bits per heavy atom. The summed E-state index contributed by atoms with van der Waals surface area (Å²) in [6, 6.07) is 66.6. The average Bonchev–Trinajstić information content (AvgIpc) is 3.32. The molecule has 0 saturated carbocycles. The van der Waals surface area contributed by atoms with Gasteiger partial charge in [-0.2, -0.15) is 5.26 Å². The lowest BCUT2D eigenvalue weighted by Gasteiger charge is -2.34. The van der Waals surface area contributed by atoms with Gasteiger partial charge in [0.2, 0.25) is 0 Å². The molecule has 0 unspecified atom stereocenters. The Morgan fingerprint density at radius 2 is 0.767 bits per heavy atom. The van der Waals surface area contributed by atoms with E-state index >= 15 is 0 Å². The van der Waals surface area contributed by atoms with E-state index in [-0.39, 0.29) is 0 Å². The molecule has 0 atom stereocenters. The molecule has 2 aliphatic heterocycles. The van der Waals surface area contributed by atoms with E-state index in [4.69, 9.17) is 24.4 Å². The van der Waals surface area contributed by atoms with Crippen LogP contribution in [0.5, 0.6) is 23.0 Å². The lowest BCUT2D eigenvalue weighted by Crippen LogP contribution is -2.17. The minimum Gasteiger partial charge on any atom is -0.453 e. The van der Waals surface area contributed by atoms with E-state index in [0.29, 0.717) is 46.0 Å². The van der Waals surface area contributed by atoms with Crippen LogP contribution in [-0.4, -0.2) is 15.0 Å². The van der Waals surface area contributed by atoms with Gasteiger partial charge in [-0.3, -0.25) is 0 Å². The highest BCUT2D eigenvalue weighted by atomic mass is 16.5. The minimum atomic E-state index is 0.501. The maximum Gasteiger partial charge on any atom is 0.166 e. The number of para-hydroxylation sites is 8. The zero-order valence-corrected chi connectivity index (χ0v) is 32.0. The number of nitriles is 1. The summed E-state index contributed by atoms with van der Waals surface area (Å²) in [4.78, 5) is 19.6. The summed E-state index contributed by atoms with van der Waals surface area (Å²) in [5.74, 6) is 4.46. The molecule has 8 nitrogen and oxygen atoms in total. The van der Waals surface area contributed by atoms with E-state index in [9.17, 15) is 5.26 Å². The van der Waals surface area contributed by atoms with E-state index in [1.807, 2.05) is 170 Å². The SMILES string of the molecule is N#Cc1c(-c2ccc(-c3nc(-c4ccccc4)nc(-c4ccccc4)n3)c(N3c4ccccc4Oc4ccccc43)c2)cccc1N1c2ccccc2Oc2ccccc21. The molecule has 2 aliphatic rings. The molecule has 60 heavy (non-hydrogen) atoms. The number of nitrogens with zero attached hydrogens (tertiary/aromatic N) is 6. The van der Waals surface area contributed by atoms with Gasteiger partial charge in [0, 0.05) is 22.3 Å². The van der Waals surface area contributed by atoms with Gasteiger partial charge in [0.05, 0.1) is 39.7 Å². The fourth-order valence-electron chi connectivity index (χ4n) is 8.02. The maximum absolute atomic E-state index is 11.1. The van der Waals surface area contributed by atoms with Crippen LogP contribution in [0.25, 0.3) is 45.3 Å². The number of rotatable bonds is 6. The van der Waals surface area contributed by atoms with E-state index < -0.39 is 0 Å². The van der Waals surface area contributed by atoms with E-state index in [2.05, 4.69) is 40.1 Å². The van der Waals surface area contributed by atoms with Crippen molar-refractivity contribution < 1.29 is 9.47 Å². The molecule has 0 radical (unpaired) electrons. The predicted octanol–water partition coefficient (Wildman–Crippen LogP) is 13.6. The molecule has 0 aliphatic carbocycles. The molecule has 0 bridgehead atoms. The van der Waals surface area contributed by atoms with Gasteiger partial charge in [0.1, 0.15) is 6.07 Å². The van der Waals surface area contributed by atoms with Crippen molar-refractivity contribution in [3.05, 3.63) is 200 Å². The molecule has 8 aromatic carbocycles. The van der Waals surface area contributed by atoms with Crippen molar-refractivity contribution in [1.82, 2.24) is 15.0 Å². The highest BCUT2D eigenvalue weighted by Gasteiger charge is 2.31. The number of hydrogen-bond donors (Lipinski definition) is 0. The molecular weight excluding hydrogens is 741 g/mol. The van der Waals surface area contributed by atoms with Gasteiger partial charge < -0.3 is 19.3 Å². The fourth-order valence-corrected chi connectivity index (χ4v) is 8.02. The zero-order valence-electron chi connectivity index (χ0n) is 32.0. The van der Waals surface area contributed by atoms with Crippen molar-refractivity contribution in [3.63, 3.8) is 0 Å². The minimum absolute atomic E-state index is 0.501. The summed E-state index contributed by atoms with van der Waals surface area (Å²) in [5, 5.41) is 11.1. The van der Waals surface area contributed by atoms with Crippen LogP contribution in [0, 0.1) is 11.3 Å². The second-order valence-electron chi connectivity index (χ2n) is 14.3. The molecule has 3 heterocycles. The number of fused-ring (bicyclic) bond motifs is 4. The van der Waals surface area contributed by atoms with Gasteiger partial charge >= 0.3 is 0 Å². The smallest absolute Gasteiger partial charge is 0.166 e. The second kappa shape index (κ2) is 14.4. The molecule has 0 saturated heterocycles. The molecule has 8 heteroatoms. The number of hydrogen-bond acceptors (Lipinski definition) is 8. The summed E-state index contributed by atoms with van der Waals surface area (Å²) >= 11 is 0. The second-order valence-corrected chi connectivity index (χ2v) is 14.3. The van der Waals surface area contributed by atoms with Gasteiger partial charge in [-0.1, -0.05) is 127 Å². The maximum atomic E-state index is 11.1. The predicted molar refractivity (Wildman–Crippen MR) is 236 cm³/mol. The van der Waals surface area contributed by atoms with Crippen molar-refractivity contribution in [2.24, 2.45) is 0 Å². The fraction of sp³-hybridized carbons (Fsp3) is 0. The largest absolute Gasteiger partial charge is 0.453 e. The van der Waals surface area contributed by atoms with Crippen LogP contribution in [-0.2, 0) is 0 Å². The van der Waals surface area contributed by atoms with Gasteiger partial charge in [-0.15, -0.1) is 0 Å². The Hall–Kier alpha value is -8.54. The third-order valence-corrected chi connectivity index (χ3v) is 10.7. The molecule has 1 aromatic heterocycles. The lowest BCUT2D eigenvalue weighted by molar-refractivity contribution is 0.476. The van der Waals surface area contributed by atoms with Crippen LogP contribution < -0.4 is 19.3 Å². The Bertz CT molecular complexity index is 3000. The highest BCUT2D eigenvalue weighted by molar-refractivity contribution is 5.96. The van der Waals surface area contributed by atoms with E-state index in [1.54, 1.807) is 0 Å². The first-order valence-corrected chi connectivity index (χ1v) is 19.6. The first kappa shape index (κ1) is 34.7. The summed E-state index contributed by atoms with van der Waals surface area (Å²) in [6.45, 7) is 0. The van der Waals surface area contributed by atoms with Gasteiger partial charge in [0.15, 0.2) is 40.5 Å².